The van der Waals surface area contributed by atoms with Gasteiger partial charge in [0.05, 0.1) is 25.4 Å². The third-order valence-corrected chi connectivity index (χ3v) is 5.74. The smallest absolute Gasteiger partial charge is 0.266 e. The highest BCUT2D eigenvalue weighted by molar-refractivity contribution is 7.89. The Morgan fingerprint density at radius 2 is 1.82 bits per heavy atom. The number of nitrogens with zero attached hydrogens (tertiary/aromatic N) is 5. The molecule has 2 N–H and O–H groups in total. The predicted molar refractivity (Wildman–Crippen MR) is 112 cm³/mol. The molecule has 11 nitrogen and oxygen atoms in total. The summed E-state index contributed by atoms with van der Waals surface area (Å²) < 4.78 is 82.9. The average molecular weight is 498 g/mol. The van der Waals surface area contributed by atoms with Crippen molar-refractivity contribution in [2.45, 2.75) is 11.3 Å². The number of rotatable bonds is 8. The molecule has 0 amide bonds. The fraction of sp³-hybridized carbons (Fsp3) is 0.211. The van der Waals surface area contributed by atoms with Crippen LogP contribution in [-0.4, -0.2) is 53.8 Å². The normalized spacial score (nSPS) is 11.9. The number of halogens is 3. The van der Waals surface area contributed by atoms with E-state index in [0.29, 0.717) is 0 Å². The highest BCUT2D eigenvalue weighted by atomic mass is 32.2. The first-order chi connectivity index (χ1) is 16.2. The third-order valence-electron chi connectivity index (χ3n) is 4.80. The summed E-state index contributed by atoms with van der Waals surface area (Å²) in [6.45, 7) is -1.24. The zero-order valence-electron chi connectivity index (χ0n) is 17.6. The summed E-state index contributed by atoms with van der Waals surface area (Å²) in [6, 6.07) is 3.80. The van der Waals surface area contributed by atoms with Crippen molar-refractivity contribution in [3.8, 4) is 29.1 Å². The van der Waals surface area contributed by atoms with Gasteiger partial charge in [-0.05, 0) is 6.07 Å². The zero-order chi connectivity index (χ0) is 24.6. The molecule has 180 valence electrons. The van der Waals surface area contributed by atoms with E-state index >= 15 is 0 Å². The van der Waals surface area contributed by atoms with Crippen LogP contribution in [0.3, 0.4) is 0 Å². The molecule has 0 unspecified atom stereocenters. The van der Waals surface area contributed by atoms with Gasteiger partial charge in [0.2, 0.25) is 28.6 Å². The first-order valence-corrected chi connectivity index (χ1v) is 10.9. The van der Waals surface area contributed by atoms with Gasteiger partial charge in [-0.15, -0.1) is 0 Å². The fourth-order valence-corrected chi connectivity index (χ4v) is 4.18. The first-order valence-electron chi connectivity index (χ1n) is 9.39. The molecule has 4 aromatic rings. The standard InChI is InChI=1S/C19H17F3N6O5S/c1-31-17-15(33-9-20)18(32-2)26-19(25-17)27-8-12(34(23,29)30)10-4-5-11(16(21)22)14(13(10)27)28-7-3-6-24-28/h3-8,16H,9H2,1-2H3,(H2,23,29,30). The topological polar surface area (TPSA) is 136 Å². The quantitative estimate of drug-likeness (QED) is 0.391. The van der Waals surface area contributed by atoms with Gasteiger partial charge in [0.15, 0.2) is 0 Å². The number of benzene rings is 1. The van der Waals surface area contributed by atoms with Crippen molar-refractivity contribution in [3.05, 3.63) is 42.4 Å². The van der Waals surface area contributed by atoms with Gasteiger partial charge in [0.25, 0.3) is 18.2 Å². The molecule has 3 aromatic heterocycles. The summed E-state index contributed by atoms with van der Waals surface area (Å²) in [6.07, 6.45) is 0.921. The van der Waals surface area contributed by atoms with Gasteiger partial charge in [-0.1, -0.05) is 12.1 Å². The summed E-state index contributed by atoms with van der Waals surface area (Å²) in [4.78, 5) is 7.90. The van der Waals surface area contributed by atoms with E-state index in [2.05, 4.69) is 15.1 Å². The maximum absolute atomic E-state index is 14.0. The first kappa shape index (κ1) is 23.3. The van der Waals surface area contributed by atoms with Crippen LogP contribution in [0.15, 0.2) is 41.7 Å². The van der Waals surface area contributed by atoms with E-state index in [4.69, 9.17) is 19.3 Å². The number of ether oxygens (including phenoxy) is 3. The Morgan fingerprint density at radius 1 is 1.15 bits per heavy atom. The molecular weight excluding hydrogens is 481 g/mol. The van der Waals surface area contributed by atoms with Crippen molar-refractivity contribution < 1.29 is 35.8 Å². The van der Waals surface area contributed by atoms with Gasteiger partial charge in [-0.25, -0.2) is 31.4 Å². The van der Waals surface area contributed by atoms with Crippen LogP contribution in [0.5, 0.6) is 17.5 Å². The number of methoxy groups -OCH3 is 2. The Kier molecular flexibility index (Phi) is 6.05. The van der Waals surface area contributed by atoms with Crippen molar-refractivity contribution in [1.29, 1.82) is 0 Å². The minimum Gasteiger partial charge on any atom is -0.478 e. The summed E-state index contributed by atoms with van der Waals surface area (Å²) in [5.41, 5.74) is -0.598. The van der Waals surface area contributed by atoms with Gasteiger partial charge in [-0.2, -0.15) is 15.1 Å². The van der Waals surface area contributed by atoms with Crippen molar-refractivity contribution >= 4 is 20.9 Å². The molecule has 34 heavy (non-hydrogen) atoms. The lowest BCUT2D eigenvalue weighted by molar-refractivity contribution is 0.151. The third kappa shape index (κ3) is 3.88. The second-order valence-electron chi connectivity index (χ2n) is 6.68. The van der Waals surface area contributed by atoms with Crippen molar-refractivity contribution in [1.82, 2.24) is 24.3 Å². The lowest BCUT2D eigenvalue weighted by atomic mass is 10.1. The fourth-order valence-electron chi connectivity index (χ4n) is 3.45. The van der Waals surface area contributed by atoms with E-state index in [-0.39, 0.29) is 44.9 Å². The summed E-state index contributed by atoms with van der Waals surface area (Å²) in [5, 5.41) is 9.44. The van der Waals surface area contributed by atoms with Crippen LogP contribution >= 0.6 is 0 Å². The Morgan fingerprint density at radius 3 is 2.32 bits per heavy atom. The number of primary sulfonamides is 1. The van der Waals surface area contributed by atoms with Crippen LogP contribution in [0, 0.1) is 0 Å². The average Bonchev–Trinajstić information content (AvgIpc) is 3.46. The van der Waals surface area contributed by atoms with Gasteiger partial charge in [-0.3, -0.25) is 4.57 Å². The highest BCUT2D eigenvalue weighted by Crippen LogP contribution is 2.39. The monoisotopic (exact) mass is 498 g/mol. The minimum atomic E-state index is -4.31. The number of fused-ring (bicyclic) bond motifs is 1. The van der Waals surface area contributed by atoms with Crippen LogP contribution in [0.4, 0.5) is 13.2 Å². The summed E-state index contributed by atoms with van der Waals surface area (Å²) >= 11 is 0. The molecule has 0 saturated carbocycles. The molecule has 0 aliphatic rings. The number of hydrogen-bond donors (Lipinski definition) is 1. The van der Waals surface area contributed by atoms with E-state index in [1.54, 1.807) is 0 Å². The van der Waals surface area contributed by atoms with E-state index in [1.807, 2.05) is 0 Å². The van der Waals surface area contributed by atoms with Gasteiger partial charge in [0.1, 0.15) is 4.90 Å². The minimum absolute atomic E-state index is 0.0167. The molecule has 0 saturated heterocycles. The molecule has 0 aliphatic heterocycles. The van der Waals surface area contributed by atoms with Gasteiger partial charge >= 0.3 is 0 Å². The summed E-state index contributed by atoms with van der Waals surface area (Å²) in [5.74, 6) is -0.993. The molecule has 15 heteroatoms. The molecule has 0 spiro atoms. The van der Waals surface area contributed by atoms with Crippen molar-refractivity contribution in [2.24, 2.45) is 5.14 Å². The van der Waals surface area contributed by atoms with Gasteiger partial charge in [0, 0.05) is 29.5 Å². The van der Waals surface area contributed by atoms with E-state index in [1.165, 1.54) is 38.7 Å². The van der Waals surface area contributed by atoms with Crippen molar-refractivity contribution in [2.75, 3.05) is 21.1 Å². The van der Waals surface area contributed by atoms with Gasteiger partial charge < -0.3 is 14.2 Å². The molecule has 0 atom stereocenters. The van der Waals surface area contributed by atoms with Crippen LogP contribution in [-0.2, 0) is 10.0 Å². The molecule has 0 aliphatic carbocycles. The Labute approximate surface area is 190 Å². The maximum atomic E-state index is 14.0. The zero-order valence-corrected chi connectivity index (χ0v) is 18.5. The predicted octanol–water partition coefficient (Wildman–Crippen LogP) is 2.51. The van der Waals surface area contributed by atoms with Crippen molar-refractivity contribution in [3.63, 3.8) is 0 Å². The molecule has 4 rings (SSSR count). The van der Waals surface area contributed by atoms with Crippen LogP contribution in [0.1, 0.15) is 12.0 Å². The molecular formula is C19H17F3N6O5S. The number of hydrogen-bond acceptors (Lipinski definition) is 8. The largest absolute Gasteiger partial charge is 0.478 e. The molecule has 0 bridgehead atoms. The lowest BCUT2D eigenvalue weighted by Crippen LogP contribution is -2.11. The number of sulfonamides is 1. The van der Waals surface area contributed by atoms with Crippen LogP contribution < -0.4 is 19.3 Å². The Hall–Kier alpha value is -3.85. The number of alkyl halides is 3. The van der Waals surface area contributed by atoms with Crippen LogP contribution in [0.2, 0.25) is 0 Å². The number of aromatic nitrogens is 5. The Bertz CT molecular complexity index is 1430. The second-order valence-corrected chi connectivity index (χ2v) is 8.21. The Balaban J connectivity index is 2.17. The van der Waals surface area contributed by atoms with E-state index < -0.39 is 28.9 Å². The second kappa shape index (κ2) is 8.83. The molecule has 3 heterocycles. The van der Waals surface area contributed by atoms with E-state index in [9.17, 15) is 21.6 Å². The molecule has 0 radical (unpaired) electrons. The number of nitrogens with two attached hydrogens (primary N) is 1. The lowest BCUT2D eigenvalue weighted by Gasteiger charge is -2.15. The van der Waals surface area contributed by atoms with Crippen LogP contribution in [0.25, 0.3) is 22.5 Å². The summed E-state index contributed by atoms with van der Waals surface area (Å²) in [7, 11) is -1.86. The highest BCUT2D eigenvalue weighted by Gasteiger charge is 2.28. The SMILES string of the molecule is COc1nc(-n2cc(S(N)(=O)=O)c3ccc(C(F)F)c(-n4cccn4)c32)nc(OC)c1OCF. The van der Waals surface area contributed by atoms with E-state index in [0.717, 1.165) is 21.5 Å². The molecule has 0 fully saturated rings. The maximum Gasteiger partial charge on any atom is 0.266 e. The molecule has 1 aromatic carbocycles.